The van der Waals surface area contributed by atoms with Gasteiger partial charge in [0.1, 0.15) is 11.3 Å². The van der Waals surface area contributed by atoms with Gasteiger partial charge in [-0.15, -0.1) is 0 Å². The molecule has 1 aromatic carbocycles. The van der Waals surface area contributed by atoms with Gasteiger partial charge in [0.25, 0.3) is 5.91 Å². The molecular weight excluding hydrogens is 264 g/mol. The molecule has 0 saturated heterocycles. The molecule has 0 aliphatic rings. The van der Waals surface area contributed by atoms with Crippen molar-refractivity contribution in [2.75, 3.05) is 6.61 Å². The van der Waals surface area contributed by atoms with Gasteiger partial charge in [-0.25, -0.2) is 0 Å². The van der Waals surface area contributed by atoms with Crippen molar-refractivity contribution in [2.45, 2.75) is 40.2 Å². The van der Waals surface area contributed by atoms with Gasteiger partial charge in [-0.3, -0.25) is 4.79 Å². The molecular formula is C17H24N2O2. The lowest BCUT2D eigenvalue weighted by Crippen LogP contribution is -2.48. The fourth-order valence-corrected chi connectivity index (χ4v) is 1.60. The van der Waals surface area contributed by atoms with Crippen molar-refractivity contribution in [1.29, 1.82) is 5.26 Å². The number of benzene rings is 1. The molecule has 1 rings (SSSR count). The van der Waals surface area contributed by atoms with Crippen LogP contribution < -0.4 is 10.1 Å². The van der Waals surface area contributed by atoms with Crippen LogP contribution in [0.4, 0.5) is 0 Å². The standard InChI is InChI=1S/C17H24N2O2/c1-12(2)10-21-15-8-6-7-14(9-15)16(20)19-17(5,11-18)13(3)4/h6-9,12-13H,10H2,1-5H3,(H,19,20). The zero-order valence-electron chi connectivity index (χ0n) is 13.4. The molecule has 0 radical (unpaired) electrons. The number of nitriles is 1. The highest BCUT2D eigenvalue weighted by atomic mass is 16.5. The number of rotatable bonds is 6. The van der Waals surface area contributed by atoms with E-state index in [4.69, 9.17) is 4.74 Å². The van der Waals surface area contributed by atoms with Crippen LogP contribution in [-0.2, 0) is 0 Å². The van der Waals surface area contributed by atoms with Crippen LogP contribution in [0.2, 0.25) is 0 Å². The van der Waals surface area contributed by atoms with Gasteiger partial charge in [-0.2, -0.15) is 5.26 Å². The Bertz CT molecular complexity index is 532. The minimum absolute atomic E-state index is 0.0202. The molecule has 0 aromatic heterocycles. The third-order valence-corrected chi connectivity index (χ3v) is 3.44. The zero-order valence-corrected chi connectivity index (χ0v) is 13.4. The van der Waals surface area contributed by atoms with Crippen molar-refractivity contribution in [3.63, 3.8) is 0 Å². The molecule has 21 heavy (non-hydrogen) atoms. The second-order valence-corrected chi connectivity index (χ2v) is 6.16. The average Bonchev–Trinajstić information content (AvgIpc) is 2.45. The van der Waals surface area contributed by atoms with Crippen LogP contribution >= 0.6 is 0 Å². The normalized spacial score (nSPS) is 13.6. The van der Waals surface area contributed by atoms with Gasteiger partial charge in [-0.1, -0.05) is 33.8 Å². The minimum Gasteiger partial charge on any atom is -0.493 e. The predicted molar refractivity (Wildman–Crippen MR) is 83.1 cm³/mol. The Kier molecular flexibility index (Phi) is 5.78. The third kappa shape index (κ3) is 4.78. The molecule has 1 aromatic rings. The summed E-state index contributed by atoms with van der Waals surface area (Å²) in [5, 5.41) is 12.1. The Morgan fingerprint density at radius 3 is 2.57 bits per heavy atom. The highest BCUT2D eigenvalue weighted by Crippen LogP contribution is 2.18. The Hall–Kier alpha value is -2.02. The van der Waals surface area contributed by atoms with Gasteiger partial charge in [0.2, 0.25) is 0 Å². The molecule has 0 fully saturated rings. The van der Waals surface area contributed by atoms with E-state index in [1.165, 1.54) is 0 Å². The first-order chi connectivity index (χ1) is 9.78. The summed E-state index contributed by atoms with van der Waals surface area (Å²) in [5.74, 6) is 0.847. The second-order valence-electron chi connectivity index (χ2n) is 6.16. The van der Waals surface area contributed by atoms with Crippen LogP contribution in [-0.4, -0.2) is 18.1 Å². The first-order valence-corrected chi connectivity index (χ1v) is 7.25. The summed E-state index contributed by atoms with van der Waals surface area (Å²) in [6, 6.07) is 9.20. The lowest BCUT2D eigenvalue weighted by atomic mass is 9.90. The van der Waals surface area contributed by atoms with Crippen molar-refractivity contribution in [3.8, 4) is 11.8 Å². The van der Waals surface area contributed by atoms with Gasteiger partial charge < -0.3 is 10.1 Å². The molecule has 1 amide bonds. The van der Waals surface area contributed by atoms with Gasteiger partial charge in [-0.05, 0) is 37.0 Å². The van der Waals surface area contributed by atoms with E-state index in [0.29, 0.717) is 23.8 Å². The quantitative estimate of drug-likeness (QED) is 0.872. The molecule has 4 heteroatoms. The van der Waals surface area contributed by atoms with E-state index in [-0.39, 0.29) is 11.8 Å². The Morgan fingerprint density at radius 2 is 2.05 bits per heavy atom. The SMILES string of the molecule is CC(C)COc1cccc(C(=O)NC(C)(C#N)C(C)C)c1. The second kappa shape index (κ2) is 7.12. The average molecular weight is 288 g/mol. The molecule has 1 unspecified atom stereocenters. The summed E-state index contributed by atoms with van der Waals surface area (Å²) in [6.45, 7) is 10.3. The topological polar surface area (TPSA) is 62.1 Å². The van der Waals surface area contributed by atoms with Crippen LogP contribution in [0.1, 0.15) is 45.0 Å². The Labute approximate surface area is 127 Å². The van der Waals surface area contributed by atoms with E-state index >= 15 is 0 Å². The summed E-state index contributed by atoms with van der Waals surface area (Å²) < 4.78 is 5.62. The summed E-state index contributed by atoms with van der Waals surface area (Å²) >= 11 is 0. The van der Waals surface area contributed by atoms with Crippen LogP contribution in [0.15, 0.2) is 24.3 Å². The number of hydrogen-bond acceptors (Lipinski definition) is 3. The minimum atomic E-state index is -0.883. The van der Waals surface area contributed by atoms with E-state index in [1.54, 1.807) is 25.1 Å². The maximum Gasteiger partial charge on any atom is 0.252 e. The van der Waals surface area contributed by atoms with Gasteiger partial charge >= 0.3 is 0 Å². The molecule has 0 aliphatic heterocycles. The maximum absolute atomic E-state index is 12.3. The Balaban J connectivity index is 2.84. The number of carbonyl (C=O) groups is 1. The van der Waals surface area contributed by atoms with Crippen molar-refractivity contribution in [3.05, 3.63) is 29.8 Å². The van der Waals surface area contributed by atoms with Crippen LogP contribution in [0, 0.1) is 23.2 Å². The van der Waals surface area contributed by atoms with Crippen molar-refractivity contribution in [2.24, 2.45) is 11.8 Å². The molecule has 4 nitrogen and oxygen atoms in total. The highest BCUT2D eigenvalue weighted by Gasteiger charge is 2.30. The monoisotopic (exact) mass is 288 g/mol. The van der Waals surface area contributed by atoms with Gasteiger partial charge in [0, 0.05) is 5.56 Å². The molecule has 114 valence electrons. The first kappa shape index (κ1) is 17.0. The largest absolute Gasteiger partial charge is 0.493 e. The van der Waals surface area contributed by atoms with Crippen LogP contribution in [0.25, 0.3) is 0 Å². The number of nitrogens with one attached hydrogen (secondary N) is 1. The fraction of sp³-hybridized carbons (Fsp3) is 0.529. The number of ether oxygens (including phenoxy) is 1. The summed E-state index contributed by atoms with van der Waals surface area (Å²) in [5.41, 5.74) is -0.385. The van der Waals surface area contributed by atoms with E-state index in [0.717, 1.165) is 0 Å². The molecule has 0 saturated carbocycles. The lowest BCUT2D eigenvalue weighted by Gasteiger charge is -2.27. The molecule has 0 aliphatic carbocycles. The Morgan fingerprint density at radius 1 is 1.38 bits per heavy atom. The molecule has 1 N–H and O–H groups in total. The third-order valence-electron chi connectivity index (χ3n) is 3.44. The van der Waals surface area contributed by atoms with Crippen LogP contribution in [0.5, 0.6) is 5.75 Å². The predicted octanol–water partition coefficient (Wildman–Crippen LogP) is 3.39. The number of nitrogens with zero attached hydrogens (tertiary/aromatic N) is 1. The smallest absolute Gasteiger partial charge is 0.252 e. The van der Waals surface area contributed by atoms with E-state index < -0.39 is 5.54 Å². The maximum atomic E-state index is 12.3. The van der Waals surface area contributed by atoms with Crippen molar-refractivity contribution in [1.82, 2.24) is 5.32 Å². The van der Waals surface area contributed by atoms with E-state index in [1.807, 2.05) is 19.9 Å². The summed E-state index contributed by atoms with van der Waals surface area (Å²) in [7, 11) is 0. The van der Waals surface area contributed by atoms with Crippen molar-refractivity contribution >= 4 is 5.91 Å². The molecule has 0 heterocycles. The van der Waals surface area contributed by atoms with Crippen LogP contribution in [0.3, 0.4) is 0 Å². The number of hydrogen-bond donors (Lipinski definition) is 1. The summed E-state index contributed by atoms with van der Waals surface area (Å²) in [4.78, 5) is 12.3. The zero-order chi connectivity index (χ0) is 16.0. The summed E-state index contributed by atoms with van der Waals surface area (Å²) in [6.07, 6.45) is 0. The molecule has 0 bridgehead atoms. The van der Waals surface area contributed by atoms with Gasteiger partial charge in [0.05, 0.1) is 12.7 Å². The van der Waals surface area contributed by atoms with Gasteiger partial charge in [0.15, 0.2) is 0 Å². The number of carbonyl (C=O) groups excluding carboxylic acids is 1. The first-order valence-electron chi connectivity index (χ1n) is 7.25. The molecule has 0 spiro atoms. The van der Waals surface area contributed by atoms with E-state index in [2.05, 4.69) is 25.2 Å². The highest BCUT2D eigenvalue weighted by molar-refractivity contribution is 5.95. The molecule has 1 atom stereocenters. The van der Waals surface area contributed by atoms with Crippen molar-refractivity contribution < 1.29 is 9.53 Å². The van der Waals surface area contributed by atoms with E-state index in [9.17, 15) is 10.1 Å². The lowest BCUT2D eigenvalue weighted by molar-refractivity contribution is 0.0907. The number of amides is 1. The fourth-order valence-electron chi connectivity index (χ4n) is 1.60.